The number of β-amino-alcohol motifs (C(OH)–C–C–N with tert-alkyl or cyclic N) is 1. The zero-order chi connectivity index (χ0) is 27.6. The van der Waals surface area contributed by atoms with Crippen LogP contribution >= 0.6 is 0 Å². The van der Waals surface area contributed by atoms with E-state index >= 15 is 0 Å². The Morgan fingerprint density at radius 3 is 2.36 bits per heavy atom. The quantitative estimate of drug-likeness (QED) is 0.541. The van der Waals surface area contributed by atoms with Gasteiger partial charge in [0.25, 0.3) is 11.8 Å². The van der Waals surface area contributed by atoms with E-state index in [4.69, 9.17) is 5.73 Å². The second kappa shape index (κ2) is 11.5. The standard InChI is InChI=1S/C31H40N4O4/c1-2-33-15-16-35(21-25(36)9-7-22-5-3-4-6-24(22)20-32)30(39)27-10-8-23(17-28(27)33)29(38)34-13-11-31(12-14-34)18-26(37)19-31/h3-6,8,10,17,25,36H,2,7,9,11-16,18-21,32H2,1H3/t25-/m0/s1. The van der Waals surface area contributed by atoms with Crippen LogP contribution in [0.4, 0.5) is 5.69 Å². The second-order valence-corrected chi connectivity index (χ2v) is 11.4. The Bertz CT molecular complexity index is 1230. The SMILES string of the molecule is CCN1CCN(C[C@@H](O)CCc2ccccc2CN)C(=O)c2ccc(C(=O)N3CCC4(CC3)CC(=O)C4)cc21. The number of nitrogens with zero attached hydrogens (tertiary/aromatic N) is 3. The molecule has 8 heteroatoms. The smallest absolute Gasteiger partial charge is 0.256 e. The number of nitrogens with two attached hydrogens (primary N) is 1. The number of aliphatic hydroxyl groups is 1. The summed E-state index contributed by atoms with van der Waals surface area (Å²) in [4.78, 5) is 44.2. The molecule has 208 valence electrons. The number of fused-ring (bicyclic) bond motifs is 1. The fourth-order valence-corrected chi connectivity index (χ4v) is 6.42. The van der Waals surface area contributed by atoms with E-state index in [0.717, 1.165) is 29.7 Å². The van der Waals surface area contributed by atoms with E-state index in [1.807, 2.05) is 42.2 Å². The highest BCUT2D eigenvalue weighted by Gasteiger charge is 2.45. The highest BCUT2D eigenvalue weighted by molar-refractivity contribution is 6.03. The van der Waals surface area contributed by atoms with Gasteiger partial charge in [-0.15, -0.1) is 0 Å². The van der Waals surface area contributed by atoms with Crippen molar-refractivity contribution in [1.29, 1.82) is 0 Å². The van der Waals surface area contributed by atoms with Gasteiger partial charge in [0.15, 0.2) is 0 Å². The van der Waals surface area contributed by atoms with Crippen LogP contribution in [0.2, 0.25) is 0 Å². The molecule has 1 aliphatic carbocycles. The Hall–Kier alpha value is -3.23. The summed E-state index contributed by atoms with van der Waals surface area (Å²) >= 11 is 0. The third kappa shape index (κ3) is 5.72. The average Bonchev–Trinajstić information content (AvgIpc) is 3.07. The number of carbonyl (C=O) groups excluding carboxylic acids is 3. The van der Waals surface area contributed by atoms with Crippen LogP contribution in [0.25, 0.3) is 0 Å². The Morgan fingerprint density at radius 2 is 1.69 bits per heavy atom. The highest BCUT2D eigenvalue weighted by Crippen LogP contribution is 2.46. The summed E-state index contributed by atoms with van der Waals surface area (Å²) in [5.41, 5.74) is 10.1. The van der Waals surface area contributed by atoms with Gasteiger partial charge in [-0.1, -0.05) is 24.3 Å². The van der Waals surface area contributed by atoms with E-state index < -0.39 is 6.10 Å². The Morgan fingerprint density at radius 1 is 1.00 bits per heavy atom. The number of Topliss-reactive ketones (excluding diaryl/α,β-unsaturated/α-hetero) is 1. The van der Waals surface area contributed by atoms with Gasteiger partial charge >= 0.3 is 0 Å². The topological polar surface area (TPSA) is 107 Å². The average molecular weight is 533 g/mol. The van der Waals surface area contributed by atoms with Crippen LogP contribution in [0.15, 0.2) is 42.5 Å². The molecule has 8 nitrogen and oxygen atoms in total. The first-order valence-corrected chi connectivity index (χ1v) is 14.3. The van der Waals surface area contributed by atoms with E-state index in [1.165, 1.54) is 0 Å². The number of aliphatic hydroxyl groups excluding tert-OH is 1. The van der Waals surface area contributed by atoms with Crippen LogP contribution in [0.3, 0.4) is 0 Å². The van der Waals surface area contributed by atoms with Crippen LogP contribution in [0.1, 0.15) is 70.9 Å². The molecule has 0 bridgehead atoms. The fourth-order valence-electron chi connectivity index (χ4n) is 6.42. The first kappa shape index (κ1) is 27.3. The third-order valence-corrected chi connectivity index (χ3v) is 8.90. The van der Waals surface area contributed by atoms with Gasteiger partial charge in [0.2, 0.25) is 0 Å². The van der Waals surface area contributed by atoms with Gasteiger partial charge in [0, 0.05) is 64.2 Å². The lowest BCUT2D eigenvalue weighted by atomic mass is 9.62. The summed E-state index contributed by atoms with van der Waals surface area (Å²) in [7, 11) is 0. The lowest BCUT2D eigenvalue weighted by Crippen LogP contribution is -2.49. The van der Waals surface area contributed by atoms with Crippen molar-refractivity contribution in [3.05, 3.63) is 64.7 Å². The number of likely N-dealkylation sites (tertiary alicyclic amines) is 1. The van der Waals surface area contributed by atoms with Crippen molar-refractivity contribution >= 4 is 23.3 Å². The number of amides is 2. The lowest BCUT2D eigenvalue weighted by molar-refractivity contribution is -0.135. The zero-order valence-corrected chi connectivity index (χ0v) is 22.9. The number of ketones is 1. The van der Waals surface area contributed by atoms with E-state index in [0.29, 0.717) is 81.9 Å². The van der Waals surface area contributed by atoms with E-state index in [1.54, 1.807) is 17.0 Å². The molecule has 2 amide bonds. The number of hydrogen-bond donors (Lipinski definition) is 2. The molecule has 2 aromatic carbocycles. The van der Waals surface area contributed by atoms with Gasteiger partial charge in [-0.3, -0.25) is 14.4 Å². The number of piperidine rings is 1. The summed E-state index contributed by atoms with van der Waals surface area (Å²) < 4.78 is 0. The molecule has 2 fully saturated rings. The number of likely N-dealkylation sites (N-methyl/N-ethyl adjacent to an activating group) is 1. The van der Waals surface area contributed by atoms with E-state index in [2.05, 4.69) is 4.90 Å². The van der Waals surface area contributed by atoms with Gasteiger partial charge in [0.05, 0.1) is 17.4 Å². The van der Waals surface area contributed by atoms with E-state index in [9.17, 15) is 19.5 Å². The molecule has 2 aromatic rings. The minimum atomic E-state index is -0.648. The molecule has 3 N–H and O–H groups in total. The maximum absolute atomic E-state index is 13.6. The number of hydrogen-bond acceptors (Lipinski definition) is 6. The maximum Gasteiger partial charge on any atom is 0.256 e. The number of aryl methyl sites for hydroxylation is 1. The van der Waals surface area contributed by atoms with Gasteiger partial charge in [-0.25, -0.2) is 0 Å². The molecule has 1 atom stereocenters. The molecule has 2 aliphatic heterocycles. The van der Waals surface area contributed by atoms with Gasteiger partial charge in [0.1, 0.15) is 5.78 Å². The molecule has 0 aromatic heterocycles. The Labute approximate surface area is 230 Å². The second-order valence-electron chi connectivity index (χ2n) is 11.4. The van der Waals surface area contributed by atoms with Crippen LogP contribution in [-0.4, -0.2) is 77.9 Å². The van der Waals surface area contributed by atoms with Gasteiger partial charge < -0.3 is 25.5 Å². The minimum absolute atomic E-state index is 0.0175. The van der Waals surface area contributed by atoms with Crippen LogP contribution < -0.4 is 10.6 Å². The number of benzene rings is 2. The summed E-state index contributed by atoms with van der Waals surface area (Å²) in [6.07, 6.45) is 3.68. The molecule has 1 saturated carbocycles. The molecule has 1 spiro atoms. The molecule has 3 aliphatic rings. The van der Waals surface area contributed by atoms with Gasteiger partial charge in [-0.05, 0) is 67.3 Å². The van der Waals surface area contributed by atoms with Crippen molar-refractivity contribution in [3.8, 4) is 0 Å². The van der Waals surface area contributed by atoms with Crippen LogP contribution in [0, 0.1) is 5.41 Å². The monoisotopic (exact) mass is 532 g/mol. The van der Waals surface area contributed by atoms with Crippen LogP contribution in [0.5, 0.6) is 0 Å². The molecule has 5 rings (SSSR count). The predicted molar refractivity (Wildman–Crippen MR) is 151 cm³/mol. The first-order chi connectivity index (χ1) is 18.8. The van der Waals surface area contributed by atoms with Gasteiger partial charge in [-0.2, -0.15) is 0 Å². The van der Waals surface area contributed by atoms with E-state index in [-0.39, 0.29) is 23.8 Å². The largest absolute Gasteiger partial charge is 0.391 e. The van der Waals surface area contributed by atoms with Crippen molar-refractivity contribution in [2.24, 2.45) is 11.1 Å². The normalized spacial score (nSPS) is 19.5. The zero-order valence-electron chi connectivity index (χ0n) is 22.9. The molecular weight excluding hydrogens is 492 g/mol. The molecule has 0 unspecified atom stereocenters. The summed E-state index contributed by atoms with van der Waals surface area (Å²) in [5, 5.41) is 10.8. The predicted octanol–water partition coefficient (Wildman–Crippen LogP) is 3.01. The fraction of sp³-hybridized carbons (Fsp3) is 0.516. The minimum Gasteiger partial charge on any atom is -0.391 e. The molecular formula is C31H40N4O4. The number of anilines is 1. The Kier molecular flexibility index (Phi) is 8.05. The maximum atomic E-state index is 13.6. The van der Waals surface area contributed by atoms with Crippen molar-refractivity contribution in [1.82, 2.24) is 9.80 Å². The third-order valence-electron chi connectivity index (χ3n) is 8.90. The number of carbonyl (C=O) groups is 3. The molecule has 39 heavy (non-hydrogen) atoms. The highest BCUT2D eigenvalue weighted by atomic mass is 16.3. The van der Waals surface area contributed by atoms with Crippen molar-refractivity contribution < 1.29 is 19.5 Å². The molecule has 2 heterocycles. The number of rotatable bonds is 8. The van der Waals surface area contributed by atoms with Crippen molar-refractivity contribution in [2.45, 2.75) is 58.1 Å². The molecule has 0 radical (unpaired) electrons. The molecule has 1 saturated heterocycles. The lowest BCUT2D eigenvalue weighted by Gasteiger charge is -2.46. The van der Waals surface area contributed by atoms with Crippen molar-refractivity contribution in [2.75, 3.05) is 44.2 Å². The summed E-state index contributed by atoms with van der Waals surface area (Å²) in [5.74, 6) is 0.204. The summed E-state index contributed by atoms with van der Waals surface area (Å²) in [6, 6.07) is 13.4. The Balaban J connectivity index is 1.25. The first-order valence-electron chi connectivity index (χ1n) is 14.3. The summed E-state index contributed by atoms with van der Waals surface area (Å²) in [6.45, 7) is 5.96. The van der Waals surface area contributed by atoms with Crippen LogP contribution in [-0.2, 0) is 17.8 Å². The van der Waals surface area contributed by atoms with Crippen molar-refractivity contribution in [3.63, 3.8) is 0 Å².